The van der Waals surface area contributed by atoms with Gasteiger partial charge in [0.15, 0.2) is 0 Å². The Balaban J connectivity index is 1.58. The van der Waals surface area contributed by atoms with Gasteiger partial charge in [0.1, 0.15) is 5.82 Å². The standard InChI is InChI=1S/C17H13ClFN3O2/c18-14-7-2-1-6-13(14)17-22-21-15(24-17)8-9-20-16(23)11-4-3-5-12(19)10-11/h1-7,10H,8-9H2,(H,20,23). The summed E-state index contributed by atoms with van der Waals surface area (Å²) in [7, 11) is 0. The van der Waals surface area contributed by atoms with Crippen LogP contribution in [-0.4, -0.2) is 22.6 Å². The van der Waals surface area contributed by atoms with Crippen molar-refractivity contribution in [3.05, 3.63) is 70.8 Å². The second-order valence-corrected chi connectivity index (χ2v) is 5.40. The number of hydrogen-bond donors (Lipinski definition) is 1. The van der Waals surface area contributed by atoms with Crippen molar-refractivity contribution >= 4 is 17.5 Å². The Morgan fingerprint density at radius 2 is 2.00 bits per heavy atom. The molecular formula is C17H13ClFN3O2. The molecule has 3 aromatic rings. The van der Waals surface area contributed by atoms with Crippen LogP contribution in [0.1, 0.15) is 16.2 Å². The van der Waals surface area contributed by atoms with Crippen molar-refractivity contribution in [2.45, 2.75) is 6.42 Å². The molecule has 1 heterocycles. The van der Waals surface area contributed by atoms with Gasteiger partial charge in [-0.2, -0.15) is 0 Å². The van der Waals surface area contributed by atoms with Crippen molar-refractivity contribution in [1.29, 1.82) is 0 Å². The Kier molecular flexibility index (Phi) is 4.86. The number of nitrogens with zero attached hydrogens (tertiary/aromatic N) is 2. The zero-order valence-corrected chi connectivity index (χ0v) is 13.3. The molecule has 0 bridgehead atoms. The van der Waals surface area contributed by atoms with Gasteiger partial charge in [0.2, 0.25) is 11.8 Å². The fourth-order valence-corrected chi connectivity index (χ4v) is 2.33. The van der Waals surface area contributed by atoms with Crippen LogP contribution in [0.5, 0.6) is 0 Å². The molecule has 0 atom stereocenters. The van der Waals surface area contributed by atoms with Crippen LogP contribution in [0, 0.1) is 5.82 Å². The third kappa shape index (κ3) is 3.78. The van der Waals surface area contributed by atoms with E-state index >= 15 is 0 Å². The molecule has 0 saturated heterocycles. The van der Waals surface area contributed by atoms with E-state index in [4.69, 9.17) is 16.0 Å². The van der Waals surface area contributed by atoms with Gasteiger partial charge in [-0.1, -0.05) is 29.8 Å². The summed E-state index contributed by atoms with van der Waals surface area (Å²) in [6.45, 7) is 0.291. The first-order valence-electron chi connectivity index (χ1n) is 7.24. The third-order valence-electron chi connectivity index (χ3n) is 3.28. The normalized spacial score (nSPS) is 10.6. The fraction of sp³-hybridized carbons (Fsp3) is 0.118. The largest absolute Gasteiger partial charge is 0.421 e. The molecule has 1 N–H and O–H groups in total. The van der Waals surface area contributed by atoms with Gasteiger partial charge >= 0.3 is 0 Å². The smallest absolute Gasteiger partial charge is 0.251 e. The van der Waals surface area contributed by atoms with Crippen LogP contribution in [0.2, 0.25) is 5.02 Å². The molecule has 0 aliphatic rings. The van der Waals surface area contributed by atoms with Crippen LogP contribution in [-0.2, 0) is 6.42 Å². The van der Waals surface area contributed by atoms with E-state index in [9.17, 15) is 9.18 Å². The number of amides is 1. The maximum Gasteiger partial charge on any atom is 0.251 e. The zero-order chi connectivity index (χ0) is 16.9. The summed E-state index contributed by atoms with van der Waals surface area (Å²) in [6.07, 6.45) is 0.360. The molecule has 7 heteroatoms. The van der Waals surface area contributed by atoms with E-state index in [1.807, 2.05) is 12.1 Å². The highest BCUT2D eigenvalue weighted by Gasteiger charge is 2.12. The number of benzene rings is 2. The number of halogens is 2. The lowest BCUT2D eigenvalue weighted by molar-refractivity contribution is 0.0953. The van der Waals surface area contributed by atoms with Crippen LogP contribution in [0.4, 0.5) is 4.39 Å². The average molecular weight is 346 g/mol. The molecule has 0 fully saturated rings. The van der Waals surface area contributed by atoms with Crippen LogP contribution in [0.3, 0.4) is 0 Å². The van der Waals surface area contributed by atoms with Crippen molar-refractivity contribution < 1.29 is 13.6 Å². The molecule has 24 heavy (non-hydrogen) atoms. The minimum absolute atomic E-state index is 0.261. The molecule has 0 radical (unpaired) electrons. The Bertz CT molecular complexity index is 866. The molecule has 122 valence electrons. The summed E-state index contributed by atoms with van der Waals surface area (Å²) < 4.78 is 18.6. The van der Waals surface area contributed by atoms with E-state index < -0.39 is 5.82 Å². The minimum atomic E-state index is -0.455. The highest BCUT2D eigenvalue weighted by atomic mass is 35.5. The van der Waals surface area contributed by atoms with E-state index in [-0.39, 0.29) is 11.5 Å². The number of aromatic nitrogens is 2. The first kappa shape index (κ1) is 16.1. The first-order chi connectivity index (χ1) is 11.6. The Morgan fingerprint density at radius 3 is 2.79 bits per heavy atom. The number of rotatable bonds is 5. The molecule has 1 aromatic heterocycles. The van der Waals surface area contributed by atoms with Gasteiger partial charge in [0.05, 0.1) is 10.6 Å². The van der Waals surface area contributed by atoms with Gasteiger partial charge in [-0.25, -0.2) is 4.39 Å². The Labute approximate surface area is 142 Å². The molecular weight excluding hydrogens is 333 g/mol. The lowest BCUT2D eigenvalue weighted by Gasteiger charge is -2.03. The van der Waals surface area contributed by atoms with Crippen LogP contribution in [0.15, 0.2) is 52.9 Å². The SMILES string of the molecule is O=C(NCCc1nnc(-c2ccccc2Cl)o1)c1cccc(F)c1. The first-order valence-corrected chi connectivity index (χ1v) is 7.62. The lowest BCUT2D eigenvalue weighted by atomic mass is 10.2. The summed E-state index contributed by atoms with van der Waals surface area (Å²) >= 11 is 6.08. The summed E-state index contributed by atoms with van der Waals surface area (Å²) in [5.41, 5.74) is 0.916. The third-order valence-corrected chi connectivity index (χ3v) is 3.61. The molecule has 0 spiro atoms. The highest BCUT2D eigenvalue weighted by molar-refractivity contribution is 6.33. The summed E-state index contributed by atoms with van der Waals surface area (Å²) in [4.78, 5) is 11.9. The van der Waals surface area contributed by atoms with Crippen molar-refractivity contribution in [3.63, 3.8) is 0 Å². The van der Waals surface area contributed by atoms with Gasteiger partial charge < -0.3 is 9.73 Å². The fourth-order valence-electron chi connectivity index (χ4n) is 2.11. The number of nitrogens with one attached hydrogen (secondary N) is 1. The maximum atomic E-state index is 13.1. The minimum Gasteiger partial charge on any atom is -0.421 e. The second kappa shape index (κ2) is 7.23. The zero-order valence-electron chi connectivity index (χ0n) is 12.5. The molecule has 5 nitrogen and oxygen atoms in total. The quantitative estimate of drug-likeness (QED) is 0.768. The van der Waals surface area contributed by atoms with E-state index in [2.05, 4.69) is 15.5 Å². The molecule has 0 unspecified atom stereocenters. The summed E-state index contributed by atoms with van der Waals surface area (Å²) in [5.74, 6) is -0.110. The van der Waals surface area contributed by atoms with E-state index in [1.165, 1.54) is 18.2 Å². The molecule has 0 aliphatic carbocycles. The second-order valence-electron chi connectivity index (χ2n) is 5.00. The van der Waals surface area contributed by atoms with Gasteiger partial charge in [0, 0.05) is 18.5 Å². The highest BCUT2D eigenvalue weighted by Crippen LogP contribution is 2.26. The predicted octanol–water partition coefficient (Wildman–Crippen LogP) is 3.50. The molecule has 1 amide bonds. The maximum absolute atomic E-state index is 13.1. The van der Waals surface area contributed by atoms with Crippen molar-refractivity contribution in [1.82, 2.24) is 15.5 Å². The van der Waals surface area contributed by atoms with Crippen LogP contribution < -0.4 is 5.32 Å². The summed E-state index contributed by atoms with van der Waals surface area (Å²) in [6, 6.07) is 12.6. The number of carbonyl (C=O) groups excluding carboxylic acids is 1. The van der Waals surface area contributed by atoms with E-state index in [0.29, 0.717) is 35.3 Å². The average Bonchev–Trinajstić information content (AvgIpc) is 3.04. The molecule has 2 aromatic carbocycles. The Hall–Kier alpha value is -2.73. The van der Waals surface area contributed by atoms with Gasteiger partial charge in [-0.05, 0) is 30.3 Å². The number of carbonyl (C=O) groups is 1. The van der Waals surface area contributed by atoms with Gasteiger partial charge in [-0.3, -0.25) is 4.79 Å². The van der Waals surface area contributed by atoms with Crippen LogP contribution >= 0.6 is 11.6 Å². The van der Waals surface area contributed by atoms with Gasteiger partial charge in [0.25, 0.3) is 5.91 Å². The molecule has 0 aliphatic heterocycles. The topological polar surface area (TPSA) is 68.0 Å². The van der Waals surface area contributed by atoms with Crippen molar-refractivity contribution in [3.8, 4) is 11.5 Å². The van der Waals surface area contributed by atoms with Crippen molar-refractivity contribution in [2.75, 3.05) is 6.54 Å². The predicted molar refractivity (Wildman–Crippen MR) is 87.2 cm³/mol. The lowest BCUT2D eigenvalue weighted by Crippen LogP contribution is -2.25. The van der Waals surface area contributed by atoms with E-state index in [0.717, 1.165) is 0 Å². The monoisotopic (exact) mass is 345 g/mol. The summed E-state index contributed by atoms with van der Waals surface area (Å²) in [5, 5.41) is 11.1. The van der Waals surface area contributed by atoms with Gasteiger partial charge in [-0.15, -0.1) is 10.2 Å². The molecule has 3 rings (SSSR count). The molecule has 0 saturated carbocycles. The van der Waals surface area contributed by atoms with E-state index in [1.54, 1.807) is 18.2 Å². The number of hydrogen-bond acceptors (Lipinski definition) is 4. The van der Waals surface area contributed by atoms with Crippen molar-refractivity contribution in [2.24, 2.45) is 0 Å². The van der Waals surface area contributed by atoms with Crippen LogP contribution in [0.25, 0.3) is 11.5 Å². The Morgan fingerprint density at radius 1 is 1.17 bits per heavy atom.